The molecule has 3 nitrogen and oxygen atoms in total. The lowest BCUT2D eigenvalue weighted by atomic mass is 10.1. The predicted molar refractivity (Wildman–Crippen MR) is 68.8 cm³/mol. The van der Waals surface area contributed by atoms with Gasteiger partial charge in [-0.05, 0) is 30.7 Å². The Kier molecular flexibility index (Phi) is 3.50. The predicted octanol–water partition coefficient (Wildman–Crippen LogP) is 3.77. The van der Waals surface area contributed by atoms with Crippen molar-refractivity contribution in [2.24, 2.45) is 0 Å². The first-order chi connectivity index (χ1) is 8.10. The van der Waals surface area contributed by atoms with Crippen molar-refractivity contribution >= 4 is 23.2 Å². The standard InChI is InChI=1S/C12H10Cl2N2O/c1-7-3-9(17-2)6-15-12(7)8-4-10(13)16-11(14)5-8/h3-6H,1-2H3. The molecule has 0 unspecified atom stereocenters. The number of hydrogen-bond acceptors (Lipinski definition) is 3. The van der Waals surface area contributed by atoms with Gasteiger partial charge < -0.3 is 4.74 Å². The van der Waals surface area contributed by atoms with Crippen LogP contribution in [0.5, 0.6) is 5.75 Å². The molecule has 0 saturated carbocycles. The maximum absolute atomic E-state index is 5.86. The van der Waals surface area contributed by atoms with Gasteiger partial charge in [0, 0.05) is 5.56 Å². The Morgan fingerprint density at radius 3 is 2.29 bits per heavy atom. The summed E-state index contributed by atoms with van der Waals surface area (Å²) in [4.78, 5) is 8.23. The molecule has 0 amide bonds. The van der Waals surface area contributed by atoms with Crippen LogP contribution in [0.3, 0.4) is 0 Å². The summed E-state index contributed by atoms with van der Waals surface area (Å²) in [5.74, 6) is 0.720. The van der Waals surface area contributed by atoms with E-state index in [-0.39, 0.29) is 0 Å². The van der Waals surface area contributed by atoms with Crippen molar-refractivity contribution in [3.8, 4) is 17.0 Å². The van der Waals surface area contributed by atoms with Crippen LogP contribution in [0.25, 0.3) is 11.3 Å². The van der Waals surface area contributed by atoms with Gasteiger partial charge in [0.2, 0.25) is 0 Å². The van der Waals surface area contributed by atoms with Gasteiger partial charge in [-0.3, -0.25) is 4.98 Å². The van der Waals surface area contributed by atoms with Gasteiger partial charge in [-0.1, -0.05) is 23.2 Å². The normalized spacial score (nSPS) is 10.4. The van der Waals surface area contributed by atoms with E-state index in [1.165, 1.54) is 0 Å². The van der Waals surface area contributed by atoms with Crippen LogP contribution in [-0.4, -0.2) is 17.1 Å². The van der Waals surface area contributed by atoms with Crippen molar-refractivity contribution in [2.45, 2.75) is 6.92 Å². The first-order valence-corrected chi connectivity index (χ1v) is 5.70. The highest BCUT2D eigenvalue weighted by Gasteiger charge is 2.07. The fourth-order valence-corrected chi connectivity index (χ4v) is 2.02. The molecule has 2 heterocycles. The zero-order valence-electron chi connectivity index (χ0n) is 9.37. The van der Waals surface area contributed by atoms with E-state index < -0.39 is 0 Å². The molecule has 5 heteroatoms. The number of methoxy groups -OCH3 is 1. The molecule has 17 heavy (non-hydrogen) atoms. The van der Waals surface area contributed by atoms with Gasteiger partial charge in [0.25, 0.3) is 0 Å². The largest absolute Gasteiger partial charge is 0.495 e. The Labute approximate surface area is 109 Å². The first kappa shape index (κ1) is 12.1. The molecule has 2 rings (SSSR count). The molecule has 0 aliphatic rings. The number of ether oxygens (including phenoxy) is 1. The monoisotopic (exact) mass is 268 g/mol. The Morgan fingerprint density at radius 1 is 1.12 bits per heavy atom. The van der Waals surface area contributed by atoms with Crippen LogP contribution in [-0.2, 0) is 0 Å². The molecular weight excluding hydrogens is 259 g/mol. The van der Waals surface area contributed by atoms with E-state index in [2.05, 4.69) is 9.97 Å². The number of aromatic nitrogens is 2. The number of nitrogens with zero attached hydrogens (tertiary/aromatic N) is 2. The second-order valence-corrected chi connectivity index (χ2v) is 4.32. The molecular formula is C12H10Cl2N2O. The lowest BCUT2D eigenvalue weighted by Crippen LogP contribution is -1.92. The molecule has 0 aliphatic carbocycles. The van der Waals surface area contributed by atoms with Crippen LogP contribution in [0.2, 0.25) is 10.3 Å². The minimum atomic E-state index is 0.351. The number of pyridine rings is 2. The molecule has 0 spiro atoms. The van der Waals surface area contributed by atoms with E-state index in [0.29, 0.717) is 10.3 Å². The highest BCUT2D eigenvalue weighted by molar-refractivity contribution is 6.32. The van der Waals surface area contributed by atoms with E-state index in [9.17, 15) is 0 Å². The molecule has 0 aromatic carbocycles. The first-order valence-electron chi connectivity index (χ1n) is 4.94. The number of halogens is 2. The molecule has 0 atom stereocenters. The summed E-state index contributed by atoms with van der Waals surface area (Å²) in [7, 11) is 1.61. The van der Waals surface area contributed by atoms with Crippen LogP contribution in [0.1, 0.15) is 5.56 Å². The quantitative estimate of drug-likeness (QED) is 0.778. The van der Waals surface area contributed by atoms with Crippen LogP contribution in [0.15, 0.2) is 24.4 Å². The van der Waals surface area contributed by atoms with Crippen LogP contribution < -0.4 is 4.74 Å². The zero-order chi connectivity index (χ0) is 12.4. The van der Waals surface area contributed by atoms with Gasteiger partial charge in [-0.25, -0.2) is 4.98 Å². The third-order valence-electron chi connectivity index (χ3n) is 2.33. The Balaban J connectivity index is 2.52. The fraction of sp³-hybridized carbons (Fsp3) is 0.167. The third kappa shape index (κ3) is 2.68. The lowest BCUT2D eigenvalue weighted by molar-refractivity contribution is 0.412. The van der Waals surface area contributed by atoms with Crippen LogP contribution in [0.4, 0.5) is 0 Å². The minimum absolute atomic E-state index is 0.351. The van der Waals surface area contributed by atoms with E-state index >= 15 is 0 Å². The highest BCUT2D eigenvalue weighted by atomic mass is 35.5. The molecule has 0 bridgehead atoms. The third-order valence-corrected chi connectivity index (χ3v) is 2.71. The van der Waals surface area contributed by atoms with Crippen LogP contribution in [0, 0.1) is 6.92 Å². The lowest BCUT2D eigenvalue weighted by Gasteiger charge is -2.07. The summed E-state index contributed by atoms with van der Waals surface area (Å²) in [6.07, 6.45) is 1.66. The van der Waals surface area contributed by atoms with Crippen LogP contribution >= 0.6 is 23.2 Å². The summed E-state index contributed by atoms with van der Waals surface area (Å²) in [5, 5.41) is 0.703. The maximum atomic E-state index is 5.86. The highest BCUT2D eigenvalue weighted by Crippen LogP contribution is 2.27. The summed E-state index contributed by atoms with van der Waals surface area (Å²) >= 11 is 11.7. The number of hydrogen-bond donors (Lipinski definition) is 0. The van der Waals surface area contributed by atoms with E-state index in [1.807, 2.05) is 13.0 Å². The smallest absolute Gasteiger partial charge is 0.137 e. The van der Waals surface area contributed by atoms with Gasteiger partial charge in [-0.15, -0.1) is 0 Å². The summed E-state index contributed by atoms with van der Waals surface area (Å²) in [6, 6.07) is 5.37. The number of aryl methyl sites for hydroxylation is 1. The maximum Gasteiger partial charge on any atom is 0.137 e. The van der Waals surface area contributed by atoms with Gasteiger partial charge in [-0.2, -0.15) is 0 Å². The second-order valence-electron chi connectivity index (χ2n) is 3.54. The molecule has 88 valence electrons. The number of rotatable bonds is 2. The topological polar surface area (TPSA) is 35.0 Å². The van der Waals surface area contributed by atoms with Crippen molar-refractivity contribution in [3.63, 3.8) is 0 Å². The van der Waals surface area contributed by atoms with Crippen molar-refractivity contribution in [3.05, 3.63) is 40.3 Å². The second kappa shape index (κ2) is 4.90. The molecule has 2 aromatic heterocycles. The van der Waals surface area contributed by atoms with E-state index in [1.54, 1.807) is 25.4 Å². The summed E-state index contributed by atoms with van der Waals surface area (Å²) in [6.45, 7) is 1.95. The minimum Gasteiger partial charge on any atom is -0.495 e. The summed E-state index contributed by atoms with van der Waals surface area (Å²) < 4.78 is 5.11. The van der Waals surface area contributed by atoms with Crippen molar-refractivity contribution < 1.29 is 4.74 Å². The van der Waals surface area contributed by atoms with Crippen molar-refractivity contribution in [2.75, 3.05) is 7.11 Å². The fourth-order valence-electron chi connectivity index (χ4n) is 1.56. The SMILES string of the molecule is COc1cnc(-c2cc(Cl)nc(Cl)c2)c(C)c1. The van der Waals surface area contributed by atoms with Gasteiger partial charge in [0.1, 0.15) is 16.1 Å². The van der Waals surface area contributed by atoms with Gasteiger partial charge in [0.05, 0.1) is 19.0 Å². The Bertz CT molecular complexity index is 538. The molecule has 0 radical (unpaired) electrons. The molecule has 2 aromatic rings. The summed E-state index contributed by atoms with van der Waals surface area (Å²) in [5.41, 5.74) is 2.65. The van der Waals surface area contributed by atoms with Crippen molar-refractivity contribution in [1.82, 2.24) is 9.97 Å². The Hall–Kier alpha value is -1.32. The van der Waals surface area contributed by atoms with Crippen molar-refractivity contribution in [1.29, 1.82) is 0 Å². The molecule has 0 saturated heterocycles. The molecule has 0 aliphatic heterocycles. The van der Waals surface area contributed by atoms with E-state index in [4.69, 9.17) is 27.9 Å². The van der Waals surface area contributed by atoms with E-state index in [0.717, 1.165) is 22.6 Å². The zero-order valence-corrected chi connectivity index (χ0v) is 10.9. The Morgan fingerprint density at radius 2 is 1.76 bits per heavy atom. The van der Waals surface area contributed by atoms with Gasteiger partial charge in [0.15, 0.2) is 0 Å². The molecule has 0 N–H and O–H groups in total. The van der Waals surface area contributed by atoms with Gasteiger partial charge >= 0.3 is 0 Å². The average molecular weight is 269 g/mol. The average Bonchev–Trinajstić information content (AvgIpc) is 2.27. The molecule has 0 fully saturated rings.